The van der Waals surface area contributed by atoms with Crippen molar-refractivity contribution in [2.24, 2.45) is 0 Å². The number of nitrogens with zero attached hydrogens (tertiary/aromatic N) is 1. The minimum atomic E-state index is -1.43. The Bertz CT molecular complexity index is 3650. The molecule has 1 aliphatic heterocycles. The first kappa shape index (κ1) is 56.1. The molecule has 9 aromatic carbocycles. The van der Waals surface area contributed by atoms with E-state index in [1.54, 1.807) is 61.5 Å². The first-order valence-corrected chi connectivity index (χ1v) is 26.7. The molecule has 3 N–H and O–H groups in total. The van der Waals surface area contributed by atoms with Gasteiger partial charge in [-0.1, -0.05) is 173 Å². The van der Waals surface area contributed by atoms with Crippen LogP contribution in [0.1, 0.15) is 75.3 Å². The van der Waals surface area contributed by atoms with E-state index in [1.165, 1.54) is 16.8 Å². The lowest BCUT2D eigenvalue weighted by Gasteiger charge is -2.28. The monoisotopic (exact) mass is 1130 g/mol. The molecule has 0 radical (unpaired) electrons. The van der Waals surface area contributed by atoms with Gasteiger partial charge in [0.1, 0.15) is 11.9 Å². The summed E-state index contributed by atoms with van der Waals surface area (Å²) < 4.78 is 11.6. The van der Waals surface area contributed by atoms with Gasteiger partial charge in [-0.25, -0.2) is 9.59 Å². The van der Waals surface area contributed by atoms with E-state index in [0.29, 0.717) is 34.0 Å². The van der Waals surface area contributed by atoms with Crippen molar-refractivity contribution in [2.75, 3.05) is 26.2 Å². The fourth-order valence-corrected chi connectivity index (χ4v) is 9.43. The number of benzene rings is 9. The third-order valence-electron chi connectivity index (χ3n) is 13.1. The van der Waals surface area contributed by atoms with Crippen LogP contribution < -0.4 is 10.1 Å². The number of carboxylic acids is 1. The summed E-state index contributed by atoms with van der Waals surface area (Å²) in [4.78, 5) is 72.9. The molecule has 1 saturated carbocycles. The van der Waals surface area contributed by atoms with Gasteiger partial charge < -0.3 is 29.9 Å². The molecular weight excluding hydrogens is 1070 g/mol. The second kappa shape index (κ2) is 26.8. The van der Waals surface area contributed by atoms with Crippen LogP contribution in [0.25, 0.3) is 43.1 Å². The molecule has 14 heteroatoms. The lowest BCUT2D eigenvalue weighted by Crippen LogP contribution is -2.48. The van der Waals surface area contributed by atoms with Crippen molar-refractivity contribution in [2.45, 2.75) is 50.9 Å². The van der Waals surface area contributed by atoms with Gasteiger partial charge in [0.15, 0.2) is 0 Å². The predicted molar refractivity (Wildman–Crippen MR) is 308 cm³/mol. The Morgan fingerprint density at radius 1 is 0.590 bits per heavy atom. The smallest absolute Gasteiger partial charge is 0.379 e. The van der Waals surface area contributed by atoms with E-state index in [9.17, 15) is 33.9 Å². The number of hydrogen-bond acceptors (Lipinski definition) is 10. The molecule has 0 bridgehead atoms. The molecular formula is C64H56BrClN2O10. The third-order valence-corrected chi connectivity index (χ3v) is 13.9. The summed E-state index contributed by atoms with van der Waals surface area (Å²) in [7, 11) is 0. The highest BCUT2D eigenvalue weighted by Crippen LogP contribution is 2.34. The Kier molecular flexibility index (Phi) is 19.3. The summed E-state index contributed by atoms with van der Waals surface area (Å²) >= 11 is 9.85. The number of aliphatic hydroxyl groups is 1. The summed E-state index contributed by atoms with van der Waals surface area (Å²) in [6.45, 7) is 4.11. The molecule has 9 aromatic rings. The van der Waals surface area contributed by atoms with Crippen molar-refractivity contribution in [3.63, 3.8) is 0 Å². The molecule has 11 rings (SSSR count). The molecule has 2 aliphatic rings. The summed E-state index contributed by atoms with van der Waals surface area (Å²) in [6, 6.07) is 57.2. The Morgan fingerprint density at radius 2 is 1.04 bits per heavy atom. The van der Waals surface area contributed by atoms with Gasteiger partial charge in [-0.05, 0) is 137 Å². The van der Waals surface area contributed by atoms with Crippen LogP contribution in [0.3, 0.4) is 0 Å². The van der Waals surface area contributed by atoms with Gasteiger partial charge >= 0.3 is 11.9 Å². The van der Waals surface area contributed by atoms with Gasteiger partial charge in [0.05, 0.1) is 23.8 Å². The minimum Gasteiger partial charge on any atom is -0.489 e. The molecule has 1 aliphatic carbocycles. The highest BCUT2D eigenvalue weighted by Gasteiger charge is 2.30. The lowest BCUT2D eigenvalue weighted by molar-refractivity contribution is -0.137. The second-order valence-corrected chi connectivity index (χ2v) is 20.1. The topological polar surface area (TPSA) is 177 Å². The van der Waals surface area contributed by atoms with Gasteiger partial charge in [0.2, 0.25) is 5.78 Å². The number of aliphatic hydroxyl groups excluding tert-OH is 1. The summed E-state index contributed by atoms with van der Waals surface area (Å²) in [5, 5.41) is 31.3. The second-order valence-electron chi connectivity index (χ2n) is 18.7. The highest BCUT2D eigenvalue weighted by atomic mass is 79.9. The molecule has 78 heavy (non-hydrogen) atoms. The number of likely N-dealkylation sites (tertiary alicyclic amines) is 1. The average Bonchev–Trinajstić information content (AvgIpc) is 4.14. The minimum absolute atomic E-state index is 0.207. The molecule has 0 aromatic heterocycles. The van der Waals surface area contributed by atoms with Crippen molar-refractivity contribution in [3.8, 4) is 5.75 Å². The summed E-state index contributed by atoms with van der Waals surface area (Å²) in [5.74, 6) is -4.47. The zero-order valence-electron chi connectivity index (χ0n) is 42.7. The van der Waals surface area contributed by atoms with Gasteiger partial charge in [-0.15, -0.1) is 0 Å². The molecule has 396 valence electrons. The number of esters is 1. The third kappa shape index (κ3) is 15.1. The van der Waals surface area contributed by atoms with Gasteiger partial charge in [-0.2, -0.15) is 0 Å². The van der Waals surface area contributed by atoms with E-state index < -0.39 is 47.3 Å². The fourth-order valence-electron chi connectivity index (χ4n) is 8.82. The van der Waals surface area contributed by atoms with Crippen LogP contribution in [0.15, 0.2) is 193 Å². The first-order valence-electron chi connectivity index (χ1n) is 25.6. The molecule has 0 spiro atoms. The van der Waals surface area contributed by atoms with E-state index in [1.807, 2.05) is 84.9 Å². The molecule has 2 atom stereocenters. The van der Waals surface area contributed by atoms with E-state index in [4.69, 9.17) is 21.4 Å². The molecule has 1 saturated heterocycles. The maximum absolute atomic E-state index is 13.0. The van der Waals surface area contributed by atoms with Crippen LogP contribution in [0.4, 0.5) is 0 Å². The quantitative estimate of drug-likeness (QED) is 0.0536. The SMILES string of the molecule is Brc1ccc2ccccc2c1.CCOC(=O)C(=O)c1ccc2ccccc2c1.O=C(N[C@H](CN1CCCC1)[C@H](O)c1ccc(OC2CC2)c(Cl)c1)C(=O)c1ccc2ccccc2c1.O=C(O)C(=O)c1ccc2ccccc2c1. The number of rotatable bonds is 14. The van der Waals surface area contributed by atoms with Crippen LogP contribution in [0.5, 0.6) is 5.75 Å². The number of aliphatic carboxylic acids is 1. The maximum atomic E-state index is 13.0. The predicted octanol–water partition coefficient (Wildman–Crippen LogP) is 12.8. The number of fused-ring (bicyclic) bond motifs is 4. The number of carbonyl (C=O) groups excluding carboxylic acids is 5. The number of halogens is 2. The molecule has 2 fully saturated rings. The number of amides is 1. The number of ether oxygens (including phenoxy) is 2. The van der Waals surface area contributed by atoms with Crippen molar-refractivity contribution in [3.05, 3.63) is 220 Å². The Labute approximate surface area is 464 Å². The van der Waals surface area contributed by atoms with Crippen LogP contribution in [-0.2, 0) is 19.1 Å². The highest BCUT2D eigenvalue weighted by molar-refractivity contribution is 9.10. The average molecular weight is 1130 g/mol. The first-order chi connectivity index (χ1) is 37.7. The molecule has 1 amide bonds. The lowest BCUT2D eigenvalue weighted by atomic mass is 10.00. The molecule has 12 nitrogen and oxygen atoms in total. The van der Waals surface area contributed by atoms with Crippen molar-refractivity contribution >= 4 is 106 Å². The molecule has 1 heterocycles. The standard InChI is InChI=1S/C28H29ClN2O4.C14H12O3.C12H8O3.C10H7Br/c29-23-16-21(9-12-25(23)35-22-10-11-22)26(32)24(17-31-13-3-4-14-31)30-28(34)27(33)20-8-7-18-5-1-2-6-19(18)15-20;1-2-17-14(16)13(15)12-8-7-10-5-3-4-6-11(10)9-12;13-11(12(14)15)10-6-5-8-3-1-2-4-9(8)7-10;11-10-6-5-8-3-1-2-4-9(8)7-10/h1-2,5-9,12,15-16,22,24,26,32H,3-4,10-11,13-14,17H2,(H,30,34);3-9H,2H2,1H3;1-7H,(H,14,15);1-7H/t24-,26-;;;/m1.../s1. The van der Waals surface area contributed by atoms with Gasteiger partial charge in [0.25, 0.3) is 17.5 Å². The largest absolute Gasteiger partial charge is 0.489 e. The van der Waals surface area contributed by atoms with Crippen LogP contribution in [0.2, 0.25) is 5.02 Å². The van der Waals surface area contributed by atoms with Crippen LogP contribution in [-0.4, -0.2) is 88.7 Å². The normalized spacial score (nSPS) is 13.6. The van der Waals surface area contributed by atoms with E-state index in [0.717, 1.165) is 75.6 Å². The van der Waals surface area contributed by atoms with Gasteiger partial charge in [0, 0.05) is 27.7 Å². The van der Waals surface area contributed by atoms with E-state index >= 15 is 0 Å². The summed E-state index contributed by atoms with van der Waals surface area (Å²) in [5.41, 5.74) is 1.46. The number of carboxylic acid groups (broad SMARTS) is 1. The number of ketones is 3. The number of hydrogen-bond donors (Lipinski definition) is 3. The van der Waals surface area contributed by atoms with E-state index in [-0.39, 0.29) is 18.3 Å². The van der Waals surface area contributed by atoms with Crippen LogP contribution in [0, 0.1) is 0 Å². The van der Waals surface area contributed by atoms with Crippen molar-refractivity contribution < 1.29 is 48.5 Å². The van der Waals surface area contributed by atoms with E-state index in [2.05, 4.69) is 73.3 Å². The zero-order valence-corrected chi connectivity index (χ0v) is 45.0. The Hall–Kier alpha value is -8.07. The maximum Gasteiger partial charge on any atom is 0.379 e. The fraction of sp³-hybridized carbons (Fsp3) is 0.188. The number of Topliss-reactive ketones (excluding diaryl/α,β-unsaturated/α-hetero) is 3. The van der Waals surface area contributed by atoms with Crippen LogP contribution >= 0.6 is 27.5 Å². The van der Waals surface area contributed by atoms with Crippen molar-refractivity contribution in [1.82, 2.24) is 10.2 Å². The van der Waals surface area contributed by atoms with Crippen molar-refractivity contribution in [1.29, 1.82) is 0 Å². The Morgan fingerprint density at radius 3 is 1.50 bits per heavy atom. The summed E-state index contributed by atoms with van der Waals surface area (Å²) in [6.07, 6.45) is 3.38. The number of nitrogens with one attached hydrogen (secondary N) is 1. The van der Waals surface area contributed by atoms with Gasteiger partial charge in [-0.3, -0.25) is 19.2 Å². The number of carbonyl (C=O) groups is 6. The molecule has 0 unspecified atom stereocenters. The zero-order chi connectivity index (χ0) is 55.1. The Balaban J connectivity index is 0.000000154.